The number of benzene rings is 2. The van der Waals surface area contributed by atoms with E-state index in [0.717, 1.165) is 11.1 Å². The van der Waals surface area contributed by atoms with Crippen molar-refractivity contribution in [1.82, 2.24) is 0 Å². The third kappa shape index (κ3) is 6.40. The van der Waals surface area contributed by atoms with Gasteiger partial charge in [0.05, 0.1) is 17.9 Å². The summed E-state index contributed by atoms with van der Waals surface area (Å²) in [6.45, 7) is 7.65. The summed E-state index contributed by atoms with van der Waals surface area (Å²) in [4.78, 5) is 23.7. The lowest BCUT2D eigenvalue weighted by Crippen LogP contribution is -2.20. The van der Waals surface area contributed by atoms with E-state index in [0.29, 0.717) is 29.4 Å². The first-order valence-electron chi connectivity index (χ1n) is 9.19. The van der Waals surface area contributed by atoms with Crippen LogP contribution in [-0.2, 0) is 15.0 Å². The quantitative estimate of drug-likeness (QED) is 0.176. The normalized spacial score (nSPS) is 11.9. The van der Waals surface area contributed by atoms with Crippen LogP contribution in [-0.4, -0.2) is 11.9 Å². The van der Waals surface area contributed by atoms with Gasteiger partial charge in [0.1, 0.15) is 0 Å². The van der Waals surface area contributed by atoms with Crippen LogP contribution in [0.3, 0.4) is 0 Å². The molecule has 0 atom stereocenters. The minimum absolute atomic E-state index is 0.413. The molecule has 0 saturated heterocycles. The second-order valence-electron chi connectivity index (χ2n) is 7.01. The van der Waals surface area contributed by atoms with Gasteiger partial charge in [-0.1, -0.05) is 26.0 Å². The van der Waals surface area contributed by atoms with E-state index < -0.39 is 17.4 Å². The summed E-state index contributed by atoms with van der Waals surface area (Å²) in [5.41, 5.74) is 1.54. The zero-order valence-corrected chi connectivity index (χ0v) is 23.6. The van der Waals surface area contributed by atoms with Crippen molar-refractivity contribution in [3.8, 4) is 11.5 Å². The van der Waals surface area contributed by atoms with E-state index in [4.69, 9.17) is 9.47 Å². The minimum Gasteiger partial charge on any atom is -0.421 e. The van der Waals surface area contributed by atoms with Gasteiger partial charge in [-0.3, -0.25) is 0 Å². The Morgan fingerprint density at radius 2 is 1.00 bits per heavy atom. The highest BCUT2D eigenvalue weighted by molar-refractivity contribution is 9.11. The van der Waals surface area contributed by atoms with E-state index in [-0.39, 0.29) is 0 Å². The van der Waals surface area contributed by atoms with E-state index in [1.54, 1.807) is 26.0 Å². The Hall–Kier alpha value is -1.22. The van der Waals surface area contributed by atoms with Gasteiger partial charge in [0, 0.05) is 17.6 Å². The lowest BCUT2D eigenvalue weighted by atomic mass is 9.78. The molecule has 0 spiro atoms. The average molecular weight is 680 g/mol. The van der Waals surface area contributed by atoms with Crippen LogP contribution in [0.4, 0.5) is 0 Å². The number of ether oxygens (including phenoxy) is 2. The first-order valence-corrected chi connectivity index (χ1v) is 12.4. The molecule has 2 aromatic carbocycles. The molecule has 0 radical (unpaired) electrons. The number of carbonyl (C=O) groups excluding carboxylic acids is 2. The topological polar surface area (TPSA) is 52.6 Å². The molecule has 0 heterocycles. The Kier molecular flexibility index (Phi) is 9.30. The molecule has 8 heteroatoms. The van der Waals surface area contributed by atoms with Crippen LogP contribution in [0.1, 0.15) is 38.8 Å². The molecule has 4 nitrogen and oxygen atoms in total. The summed E-state index contributed by atoms with van der Waals surface area (Å²) in [6.07, 6.45) is 5.96. The van der Waals surface area contributed by atoms with Crippen LogP contribution in [0, 0.1) is 0 Å². The molecule has 2 aromatic rings. The second kappa shape index (κ2) is 11.1. The molecule has 0 aliphatic heterocycles. The fraction of sp³-hybridized carbons (Fsp3) is 0.217. The minimum atomic E-state index is -0.452. The molecule has 31 heavy (non-hydrogen) atoms. The van der Waals surface area contributed by atoms with Crippen molar-refractivity contribution in [3.05, 3.63) is 77.6 Å². The molecule has 2 rings (SSSR count). The number of hydrogen-bond acceptors (Lipinski definition) is 4. The number of halogens is 4. The van der Waals surface area contributed by atoms with Gasteiger partial charge >= 0.3 is 11.9 Å². The van der Waals surface area contributed by atoms with Crippen LogP contribution in [0.5, 0.6) is 11.5 Å². The molecule has 0 aliphatic carbocycles. The van der Waals surface area contributed by atoms with E-state index in [1.165, 1.54) is 12.2 Å². The first-order chi connectivity index (χ1) is 14.5. The number of carbonyl (C=O) groups is 2. The summed E-state index contributed by atoms with van der Waals surface area (Å²) >= 11 is 14.0. The van der Waals surface area contributed by atoms with Gasteiger partial charge in [0.15, 0.2) is 11.5 Å². The molecular weight excluding hydrogens is 660 g/mol. The fourth-order valence-electron chi connectivity index (χ4n) is 2.74. The maximum atomic E-state index is 11.8. The van der Waals surface area contributed by atoms with E-state index in [1.807, 2.05) is 24.3 Å². The van der Waals surface area contributed by atoms with Crippen molar-refractivity contribution in [2.24, 2.45) is 0 Å². The summed E-state index contributed by atoms with van der Waals surface area (Å²) < 4.78 is 13.4. The highest BCUT2D eigenvalue weighted by Gasteiger charge is 2.28. The Bertz CT molecular complexity index is 942. The van der Waals surface area contributed by atoms with Crippen LogP contribution >= 0.6 is 63.7 Å². The Balaban J connectivity index is 2.45. The van der Waals surface area contributed by atoms with E-state index in [9.17, 15) is 9.59 Å². The Morgan fingerprint density at radius 3 is 1.26 bits per heavy atom. The predicted molar refractivity (Wildman–Crippen MR) is 137 cm³/mol. The smallest absolute Gasteiger partial charge is 0.335 e. The van der Waals surface area contributed by atoms with Crippen molar-refractivity contribution >= 4 is 75.7 Å². The first kappa shape index (κ1) is 26.0. The highest BCUT2D eigenvalue weighted by atomic mass is 79.9. The molecular formula is C23H20Br4O4. The summed E-state index contributed by atoms with van der Waals surface area (Å²) in [6, 6.07) is 7.69. The molecule has 0 amide bonds. The average Bonchev–Trinajstić information content (AvgIpc) is 2.67. The zero-order chi connectivity index (χ0) is 23.3. The number of allylic oxidation sites excluding steroid dienone is 2. The maximum absolute atomic E-state index is 11.8. The zero-order valence-electron chi connectivity index (χ0n) is 17.3. The van der Waals surface area contributed by atoms with E-state index >= 15 is 0 Å². The molecule has 0 N–H and O–H groups in total. The van der Waals surface area contributed by atoms with Crippen molar-refractivity contribution in [1.29, 1.82) is 0 Å². The molecule has 0 saturated carbocycles. The predicted octanol–water partition coefficient (Wildman–Crippen LogP) is 8.03. The van der Waals surface area contributed by atoms with Gasteiger partial charge < -0.3 is 9.47 Å². The number of hydrogen-bond donors (Lipinski definition) is 0. The van der Waals surface area contributed by atoms with Gasteiger partial charge in [0.25, 0.3) is 0 Å². The number of rotatable bonds is 6. The molecule has 0 unspecified atom stereocenters. The van der Waals surface area contributed by atoms with Crippen molar-refractivity contribution in [2.45, 2.75) is 33.1 Å². The highest BCUT2D eigenvalue weighted by Crippen LogP contribution is 2.44. The molecule has 0 fully saturated rings. The third-order valence-electron chi connectivity index (χ3n) is 4.45. The SMILES string of the molecule is CC=CC(=O)Oc1c(Br)cc(C(C)(C)c2cc(Br)c(OC(=O)C=CC)c(Br)c2)cc1Br. The molecule has 0 aromatic heterocycles. The van der Waals surface area contributed by atoms with Gasteiger partial charge in [-0.05, 0) is 113 Å². The third-order valence-corrected chi connectivity index (χ3v) is 6.81. The molecule has 0 aliphatic rings. The van der Waals surface area contributed by atoms with Crippen LogP contribution in [0.15, 0.2) is 66.5 Å². The lowest BCUT2D eigenvalue weighted by Gasteiger charge is -2.28. The number of esters is 2. The summed E-state index contributed by atoms with van der Waals surface area (Å²) in [5, 5.41) is 0. The van der Waals surface area contributed by atoms with Gasteiger partial charge in [-0.2, -0.15) is 0 Å². The molecule has 0 bridgehead atoms. The van der Waals surface area contributed by atoms with Crippen molar-refractivity contribution in [3.63, 3.8) is 0 Å². The van der Waals surface area contributed by atoms with E-state index in [2.05, 4.69) is 77.6 Å². The molecule has 164 valence electrons. The largest absolute Gasteiger partial charge is 0.421 e. The van der Waals surface area contributed by atoms with Crippen LogP contribution in [0.25, 0.3) is 0 Å². The van der Waals surface area contributed by atoms with Crippen LogP contribution < -0.4 is 9.47 Å². The van der Waals surface area contributed by atoms with Crippen LogP contribution in [0.2, 0.25) is 0 Å². The Labute approximate surface area is 215 Å². The van der Waals surface area contributed by atoms with Gasteiger partial charge in [0.2, 0.25) is 0 Å². The summed E-state index contributed by atoms with van der Waals surface area (Å²) in [5.74, 6) is -0.0776. The van der Waals surface area contributed by atoms with Gasteiger partial charge in [-0.15, -0.1) is 0 Å². The standard InChI is InChI=1S/C23H20Br4O4/c1-5-7-19(28)30-21-15(24)9-13(10-16(21)25)23(3,4)14-11-17(26)22(18(27)12-14)31-20(29)8-6-2/h5-12H,1-4H3. The van der Waals surface area contributed by atoms with Gasteiger partial charge in [-0.25, -0.2) is 9.59 Å². The lowest BCUT2D eigenvalue weighted by molar-refractivity contribution is -0.130. The summed E-state index contributed by atoms with van der Waals surface area (Å²) in [7, 11) is 0. The Morgan fingerprint density at radius 1 is 0.710 bits per heavy atom. The monoisotopic (exact) mass is 676 g/mol. The second-order valence-corrected chi connectivity index (χ2v) is 10.4. The fourth-order valence-corrected chi connectivity index (χ4v) is 5.44. The van der Waals surface area contributed by atoms with Crippen molar-refractivity contribution < 1.29 is 19.1 Å². The van der Waals surface area contributed by atoms with Crippen molar-refractivity contribution in [2.75, 3.05) is 0 Å². The maximum Gasteiger partial charge on any atom is 0.335 e.